The van der Waals surface area contributed by atoms with Crippen molar-refractivity contribution in [3.05, 3.63) is 0 Å². The lowest BCUT2D eigenvalue weighted by molar-refractivity contribution is -0.146. The molecule has 0 saturated heterocycles. The van der Waals surface area contributed by atoms with Crippen LogP contribution in [0, 0.1) is 0 Å². The van der Waals surface area contributed by atoms with Crippen molar-refractivity contribution >= 4 is 35.5 Å². The largest absolute Gasteiger partial charge is 0.480 e. The van der Waals surface area contributed by atoms with Crippen LogP contribution in [0.1, 0.15) is 33.1 Å². The Morgan fingerprint density at radius 3 is 1.69 bits per heavy atom. The Labute approximate surface area is 183 Å². The number of nitrogens with two attached hydrogens (primary N) is 3. The van der Waals surface area contributed by atoms with Gasteiger partial charge in [-0.05, 0) is 20.3 Å². The number of hydrogen-bond acceptors (Lipinski definition) is 9. The third kappa shape index (κ3) is 10.1. The molecule has 0 aromatic heterocycles. The Kier molecular flexibility index (Phi) is 11.8. The average Bonchev–Trinajstić information content (AvgIpc) is 2.65. The summed E-state index contributed by atoms with van der Waals surface area (Å²) in [6.07, 6.45) is -4.19. The quantitative estimate of drug-likeness (QED) is 0.118. The van der Waals surface area contributed by atoms with Crippen molar-refractivity contribution in [3.63, 3.8) is 0 Å². The van der Waals surface area contributed by atoms with E-state index in [-0.39, 0.29) is 12.8 Å². The number of aliphatic hydroxyl groups excluding tert-OH is 2. The summed E-state index contributed by atoms with van der Waals surface area (Å²) in [5.41, 5.74) is 15.5. The Bertz CT molecular complexity index is 727. The van der Waals surface area contributed by atoms with Crippen molar-refractivity contribution in [3.8, 4) is 0 Å². The van der Waals surface area contributed by atoms with Crippen molar-refractivity contribution in [1.82, 2.24) is 16.0 Å². The fourth-order valence-corrected chi connectivity index (χ4v) is 2.43. The number of carbonyl (C=O) groups excluding carboxylic acids is 5. The molecule has 0 aromatic rings. The summed E-state index contributed by atoms with van der Waals surface area (Å²) in [6, 6.07) is -6.25. The van der Waals surface area contributed by atoms with Crippen LogP contribution < -0.4 is 33.2 Å². The average molecular weight is 462 g/mol. The van der Waals surface area contributed by atoms with Gasteiger partial charge in [-0.1, -0.05) is 0 Å². The molecule has 6 atom stereocenters. The van der Waals surface area contributed by atoms with E-state index in [1.807, 2.05) is 5.32 Å². The van der Waals surface area contributed by atoms with E-state index in [9.17, 15) is 39.0 Å². The maximum Gasteiger partial charge on any atom is 0.328 e. The molecule has 0 aromatic carbocycles. The highest BCUT2D eigenvalue weighted by molar-refractivity contribution is 5.95. The number of amides is 5. The van der Waals surface area contributed by atoms with Crippen LogP contribution in [-0.4, -0.2) is 87.2 Å². The van der Waals surface area contributed by atoms with E-state index < -0.39 is 78.3 Å². The molecule has 0 heterocycles. The van der Waals surface area contributed by atoms with Gasteiger partial charge in [0.25, 0.3) is 0 Å². The Hall–Kier alpha value is -3.30. The summed E-state index contributed by atoms with van der Waals surface area (Å²) < 4.78 is 0. The van der Waals surface area contributed by atoms with Crippen molar-refractivity contribution in [2.45, 2.75) is 69.5 Å². The number of primary amides is 2. The molecule has 6 unspecified atom stereocenters. The zero-order chi connectivity index (χ0) is 25.2. The van der Waals surface area contributed by atoms with E-state index in [2.05, 4.69) is 10.6 Å². The van der Waals surface area contributed by atoms with E-state index in [0.717, 1.165) is 13.8 Å². The smallest absolute Gasteiger partial charge is 0.328 e. The van der Waals surface area contributed by atoms with Gasteiger partial charge in [0.05, 0.1) is 24.7 Å². The van der Waals surface area contributed by atoms with Crippen molar-refractivity contribution in [1.29, 1.82) is 0 Å². The van der Waals surface area contributed by atoms with Gasteiger partial charge < -0.3 is 48.5 Å². The van der Waals surface area contributed by atoms with Gasteiger partial charge in [0.2, 0.25) is 29.5 Å². The van der Waals surface area contributed by atoms with Gasteiger partial charge in [-0.15, -0.1) is 0 Å². The zero-order valence-electron chi connectivity index (χ0n) is 17.6. The third-order valence-corrected chi connectivity index (χ3v) is 4.18. The molecular weight excluding hydrogens is 432 g/mol. The standard InChI is InChI=1S/C17H30N6O9/c1-6(24)12(16(30)23-13(7(2)25)17(31)32)22-15(29)9(3-4-10(19)26)21-14(28)8(18)5-11(20)27/h6-9,12-13,24-25H,3-5,18H2,1-2H3,(H2,19,26)(H2,20,27)(H,21,28)(H,22,29)(H,23,30)(H,31,32). The van der Waals surface area contributed by atoms with Crippen LogP contribution in [0.2, 0.25) is 0 Å². The van der Waals surface area contributed by atoms with Crippen LogP contribution in [0.5, 0.6) is 0 Å². The van der Waals surface area contributed by atoms with Gasteiger partial charge in [-0.2, -0.15) is 0 Å². The molecule has 5 amide bonds. The zero-order valence-corrected chi connectivity index (χ0v) is 17.6. The molecule has 182 valence electrons. The first kappa shape index (κ1) is 28.7. The predicted octanol–water partition coefficient (Wildman–Crippen LogP) is -5.24. The first-order valence-electron chi connectivity index (χ1n) is 9.49. The topological polar surface area (TPSA) is 277 Å². The number of carboxylic acid groups (broad SMARTS) is 1. The van der Waals surface area contributed by atoms with Gasteiger partial charge >= 0.3 is 5.97 Å². The number of rotatable bonds is 14. The van der Waals surface area contributed by atoms with Crippen LogP contribution in [0.25, 0.3) is 0 Å². The summed E-state index contributed by atoms with van der Waals surface area (Å²) in [4.78, 5) is 70.3. The fourth-order valence-electron chi connectivity index (χ4n) is 2.43. The first-order chi connectivity index (χ1) is 14.7. The van der Waals surface area contributed by atoms with E-state index in [4.69, 9.17) is 22.3 Å². The molecular formula is C17H30N6O9. The number of carboxylic acids is 1. The second kappa shape index (κ2) is 13.2. The van der Waals surface area contributed by atoms with Crippen molar-refractivity contribution in [2.75, 3.05) is 0 Å². The van der Waals surface area contributed by atoms with Crippen LogP contribution in [0.15, 0.2) is 0 Å². The molecule has 0 bridgehead atoms. The first-order valence-corrected chi connectivity index (χ1v) is 9.49. The molecule has 0 aliphatic heterocycles. The van der Waals surface area contributed by atoms with Crippen LogP contribution in [0.3, 0.4) is 0 Å². The molecule has 12 N–H and O–H groups in total. The molecule has 15 nitrogen and oxygen atoms in total. The van der Waals surface area contributed by atoms with Crippen LogP contribution in [0.4, 0.5) is 0 Å². The summed E-state index contributed by atoms with van der Waals surface area (Å²) in [5, 5.41) is 34.7. The molecule has 0 fully saturated rings. The highest BCUT2D eigenvalue weighted by Gasteiger charge is 2.34. The maximum atomic E-state index is 12.6. The van der Waals surface area contributed by atoms with Gasteiger partial charge in [0, 0.05) is 6.42 Å². The number of nitrogens with one attached hydrogen (secondary N) is 3. The predicted molar refractivity (Wildman–Crippen MR) is 107 cm³/mol. The van der Waals surface area contributed by atoms with Gasteiger partial charge in [0.15, 0.2) is 6.04 Å². The highest BCUT2D eigenvalue weighted by Crippen LogP contribution is 2.03. The second-order valence-corrected chi connectivity index (χ2v) is 7.14. The van der Waals surface area contributed by atoms with E-state index in [0.29, 0.717) is 0 Å². The van der Waals surface area contributed by atoms with Gasteiger partial charge in [-0.3, -0.25) is 24.0 Å². The fraction of sp³-hybridized carbons (Fsp3) is 0.647. The maximum absolute atomic E-state index is 12.6. The minimum absolute atomic E-state index is 0.310. The third-order valence-electron chi connectivity index (χ3n) is 4.18. The number of aliphatic hydroxyl groups is 2. The molecule has 0 aliphatic carbocycles. The summed E-state index contributed by atoms with van der Waals surface area (Å²) in [7, 11) is 0. The summed E-state index contributed by atoms with van der Waals surface area (Å²) in [6.45, 7) is 2.24. The monoisotopic (exact) mass is 462 g/mol. The van der Waals surface area contributed by atoms with Crippen molar-refractivity contribution < 1.29 is 44.1 Å². The van der Waals surface area contributed by atoms with E-state index in [1.165, 1.54) is 0 Å². The minimum atomic E-state index is -1.72. The van der Waals surface area contributed by atoms with Crippen LogP contribution in [-0.2, 0) is 28.8 Å². The van der Waals surface area contributed by atoms with Crippen molar-refractivity contribution in [2.24, 2.45) is 17.2 Å². The number of hydrogen-bond donors (Lipinski definition) is 9. The molecule has 15 heteroatoms. The van der Waals surface area contributed by atoms with Crippen LogP contribution >= 0.6 is 0 Å². The van der Waals surface area contributed by atoms with E-state index >= 15 is 0 Å². The number of aliphatic carboxylic acids is 1. The highest BCUT2D eigenvalue weighted by atomic mass is 16.4. The minimum Gasteiger partial charge on any atom is -0.480 e. The lowest BCUT2D eigenvalue weighted by Crippen LogP contribution is -2.61. The van der Waals surface area contributed by atoms with E-state index in [1.54, 1.807) is 0 Å². The lowest BCUT2D eigenvalue weighted by atomic mass is 10.1. The molecule has 0 radical (unpaired) electrons. The molecule has 32 heavy (non-hydrogen) atoms. The molecule has 0 aliphatic rings. The molecule has 0 rings (SSSR count). The Morgan fingerprint density at radius 1 is 0.781 bits per heavy atom. The summed E-state index contributed by atoms with van der Waals surface area (Å²) >= 11 is 0. The van der Waals surface area contributed by atoms with Gasteiger partial charge in [0.1, 0.15) is 12.1 Å². The molecule has 0 saturated carbocycles. The van der Waals surface area contributed by atoms with Gasteiger partial charge in [-0.25, -0.2) is 4.79 Å². The Balaban J connectivity index is 5.49. The normalized spacial score (nSPS) is 16.4. The lowest BCUT2D eigenvalue weighted by Gasteiger charge is -2.27. The summed E-state index contributed by atoms with van der Waals surface area (Å²) in [5.74, 6) is -6.35. The number of carbonyl (C=O) groups is 6. The molecule has 0 spiro atoms. The Morgan fingerprint density at radius 2 is 1.28 bits per heavy atom. The SMILES string of the molecule is CC(O)C(NC(=O)C(NC(=O)C(CCC(N)=O)NC(=O)C(N)CC(N)=O)C(C)O)C(=O)O. The second-order valence-electron chi connectivity index (χ2n) is 7.14.